The first kappa shape index (κ1) is 21.4. The molecule has 6 nitrogen and oxygen atoms in total. The summed E-state index contributed by atoms with van der Waals surface area (Å²) in [5.74, 6) is -1.33. The fourth-order valence-electron chi connectivity index (χ4n) is 2.80. The largest absolute Gasteiger partial charge is 0.454 e. The number of hydrogen-bond acceptors (Lipinski definition) is 6. The minimum atomic E-state index is -4.56. The summed E-state index contributed by atoms with van der Waals surface area (Å²) < 4.78 is 45.9. The Morgan fingerprint density at radius 3 is 2.50 bits per heavy atom. The smallest absolute Gasteiger partial charge is 0.244 e. The lowest BCUT2D eigenvalue weighted by Crippen LogP contribution is -2.21. The zero-order valence-electron chi connectivity index (χ0n) is 14.7. The van der Waals surface area contributed by atoms with E-state index < -0.39 is 26.5 Å². The molecule has 0 amide bonds. The standard InChI is InChI=1S/C18H11Cl3FN3O3S2/c19-9-1-2-13(10(3-9)8-5-24-6-8)28-16-12(20)4-11(18-25-7-14(21)29-18)15(22)17(16)30(23,26)27/h1-5,7,24H,6H2,(H2,23,26,27). The zero-order valence-corrected chi connectivity index (χ0v) is 18.6. The highest BCUT2D eigenvalue weighted by Crippen LogP contribution is 2.44. The van der Waals surface area contributed by atoms with E-state index in [4.69, 9.17) is 44.7 Å². The Labute approximate surface area is 190 Å². The van der Waals surface area contributed by atoms with Crippen LogP contribution in [0.1, 0.15) is 5.56 Å². The van der Waals surface area contributed by atoms with Crippen LogP contribution in [0.15, 0.2) is 41.6 Å². The second-order valence-electron chi connectivity index (χ2n) is 6.19. The molecule has 12 heteroatoms. The molecule has 0 atom stereocenters. The highest BCUT2D eigenvalue weighted by atomic mass is 35.5. The maximum absolute atomic E-state index is 15.3. The molecule has 0 unspecified atom stereocenters. The molecule has 4 rings (SSSR count). The molecule has 1 aliphatic heterocycles. The Balaban J connectivity index is 1.90. The second-order valence-corrected chi connectivity index (χ2v) is 10.2. The van der Waals surface area contributed by atoms with Gasteiger partial charge in [0, 0.05) is 28.9 Å². The van der Waals surface area contributed by atoms with Crippen molar-refractivity contribution in [3.05, 3.63) is 62.4 Å². The molecule has 156 valence electrons. The Morgan fingerprint density at radius 2 is 1.93 bits per heavy atom. The third kappa shape index (κ3) is 4.01. The average Bonchev–Trinajstić information content (AvgIpc) is 3.03. The summed E-state index contributed by atoms with van der Waals surface area (Å²) in [6.45, 7) is 0.560. The maximum atomic E-state index is 15.3. The summed E-state index contributed by atoms with van der Waals surface area (Å²) in [7, 11) is -4.56. The molecule has 0 aliphatic carbocycles. The summed E-state index contributed by atoms with van der Waals surface area (Å²) >= 11 is 19.2. The number of halogens is 4. The molecule has 1 aliphatic rings. The lowest BCUT2D eigenvalue weighted by atomic mass is 10.0. The van der Waals surface area contributed by atoms with Gasteiger partial charge in [0.1, 0.15) is 15.1 Å². The van der Waals surface area contributed by atoms with Crippen LogP contribution in [0.5, 0.6) is 11.5 Å². The van der Waals surface area contributed by atoms with Crippen LogP contribution in [0.2, 0.25) is 14.4 Å². The number of hydrogen-bond donors (Lipinski definition) is 2. The molecule has 3 aromatic rings. The van der Waals surface area contributed by atoms with E-state index in [0.717, 1.165) is 16.9 Å². The van der Waals surface area contributed by atoms with Crippen molar-refractivity contribution >= 4 is 61.7 Å². The second kappa shape index (κ2) is 7.99. The minimum absolute atomic E-state index is 0.147. The summed E-state index contributed by atoms with van der Waals surface area (Å²) in [6.07, 6.45) is 3.06. The number of thiazole rings is 1. The van der Waals surface area contributed by atoms with Crippen molar-refractivity contribution in [2.24, 2.45) is 5.14 Å². The van der Waals surface area contributed by atoms with Crippen molar-refractivity contribution in [1.29, 1.82) is 0 Å². The number of sulfonamides is 1. The summed E-state index contributed by atoms with van der Waals surface area (Å²) in [5, 5.41) is 8.71. The molecule has 3 N–H and O–H groups in total. The van der Waals surface area contributed by atoms with E-state index in [2.05, 4.69) is 10.3 Å². The Kier molecular flexibility index (Phi) is 5.69. The molecular formula is C18H11Cl3FN3O3S2. The van der Waals surface area contributed by atoms with E-state index in [1.165, 1.54) is 18.3 Å². The molecule has 30 heavy (non-hydrogen) atoms. The van der Waals surface area contributed by atoms with E-state index >= 15 is 4.39 Å². The number of benzene rings is 2. The summed E-state index contributed by atoms with van der Waals surface area (Å²) in [4.78, 5) is 3.10. The Morgan fingerprint density at radius 1 is 1.20 bits per heavy atom. The van der Waals surface area contributed by atoms with Gasteiger partial charge in [-0.2, -0.15) is 0 Å². The lowest BCUT2D eigenvalue weighted by Gasteiger charge is -2.21. The first-order valence-electron chi connectivity index (χ1n) is 8.22. The molecular weight excluding hydrogens is 496 g/mol. The van der Waals surface area contributed by atoms with Crippen LogP contribution in [-0.4, -0.2) is 19.9 Å². The SMILES string of the molecule is NS(=O)(=O)c1c(F)c(-c2ncc(Cl)s2)cc(Cl)c1Oc1ccc(Cl)cc1C1=CNC1. The monoisotopic (exact) mass is 505 g/mol. The van der Waals surface area contributed by atoms with E-state index in [9.17, 15) is 8.42 Å². The fourth-order valence-corrected chi connectivity index (χ4v) is 4.96. The van der Waals surface area contributed by atoms with Crippen molar-refractivity contribution in [1.82, 2.24) is 10.3 Å². The lowest BCUT2D eigenvalue weighted by molar-refractivity contribution is 0.453. The molecule has 2 heterocycles. The highest BCUT2D eigenvalue weighted by Gasteiger charge is 2.29. The first-order chi connectivity index (χ1) is 14.1. The number of nitrogens with zero attached hydrogens (tertiary/aromatic N) is 1. The van der Waals surface area contributed by atoms with Crippen LogP contribution in [-0.2, 0) is 10.0 Å². The molecule has 0 saturated carbocycles. The van der Waals surface area contributed by atoms with Gasteiger partial charge in [0.25, 0.3) is 0 Å². The number of rotatable bonds is 5. The Bertz CT molecular complexity index is 1310. The van der Waals surface area contributed by atoms with Gasteiger partial charge < -0.3 is 10.1 Å². The van der Waals surface area contributed by atoms with Gasteiger partial charge in [0.2, 0.25) is 10.0 Å². The molecule has 0 bridgehead atoms. The quantitative estimate of drug-likeness (QED) is 0.490. The number of nitrogens with one attached hydrogen (secondary N) is 1. The van der Waals surface area contributed by atoms with E-state index in [0.29, 0.717) is 21.5 Å². The Hall–Kier alpha value is -1.88. The van der Waals surface area contributed by atoms with Crippen LogP contribution in [0.4, 0.5) is 4.39 Å². The average molecular weight is 507 g/mol. The predicted molar refractivity (Wildman–Crippen MR) is 116 cm³/mol. The van der Waals surface area contributed by atoms with E-state index in [-0.39, 0.29) is 21.3 Å². The van der Waals surface area contributed by atoms with Gasteiger partial charge in [-0.1, -0.05) is 34.8 Å². The van der Waals surface area contributed by atoms with E-state index in [1.807, 2.05) is 0 Å². The topological polar surface area (TPSA) is 94.3 Å². The minimum Gasteiger partial charge on any atom is -0.454 e. The van der Waals surface area contributed by atoms with Gasteiger partial charge in [-0.05, 0) is 29.8 Å². The van der Waals surface area contributed by atoms with Gasteiger partial charge in [0.05, 0.1) is 11.2 Å². The van der Waals surface area contributed by atoms with Gasteiger partial charge in [-0.15, -0.1) is 11.3 Å². The third-order valence-electron chi connectivity index (χ3n) is 4.19. The fraction of sp³-hybridized carbons (Fsp3) is 0.0556. The number of ether oxygens (including phenoxy) is 1. The molecule has 0 fully saturated rings. The van der Waals surface area contributed by atoms with Crippen molar-refractivity contribution < 1.29 is 17.5 Å². The van der Waals surface area contributed by atoms with Crippen LogP contribution in [0.25, 0.3) is 16.1 Å². The summed E-state index contributed by atoms with van der Waals surface area (Å²) in [5.41, 5.74) is 1.32. The molecule has 0 saturated heterocycles. The summed E-state index contributed by atoms with van der Waals surface area (Å²) in [6, 6.07) is 5.96. The van der Waals surface area contributed by atoms with Crippen LogP contribution < -0.4 is 15.2 Å². The van der Waals surface area contributed by atoms with Crippen molar-refractivity contribution in [3.8, 4) is 22.1 Å². The van der Waals surface area contributed by atoms with Gasteiger partial charge in [-0.3, -0.25) is 0 Å². The molecule has 0 radical (unpaired) electrons. The normalized spacial score (nSPS) is 13.4. The van der Waals surface area contributed by atoms with Gasteiger partial charge in [0.15, 0.2) is 16.5 Å². The number of nitrogens with two attached hydrogens (primary N) is 1. The number of aromatic nitrogens is 1. The van der Waals surface area contributed by atoms with Crippen LogP contribution in [0.3, 0.4) is 0 Å². The number of primary sulfonamides is 1. The van der Waals surface area contributed by atoms with Crippen molar-refractivity contribution in [2.75, 3.05) is 6.54 Å². The highest BCUT2D eigenvalue weighted by molar-refractivity contribution is 7.89. The third-order valence-corrected chi connectivity index (χ3v) is 6.79. The first-order valence-corrected chi connectivity index (χ1v) is 11.7. The zero-order chi connectivity index (χ0) is 21.6. The van der Waals surface area contributed by atoms with Gasteiger partial charge >= 0.3 is 0 Å². The van der Waals surface area contributed by atoms with Crippen LogP contribution >= 0.6 is 46.1 Å². The van der Waals surface area contributed by atoms with Crippen molar-refractivity contribution in [3.63, 3.8) is 0 Å². The molecule has 0 spiro atoms. The van der Waals surface area contributed by atoms with Crippen molar-refractivity contribution in [2.45, 2.75) is 4.90 Å². The predicted octanol–water partition coefficient (Wildman–Crippen LogP) is 5.29. The van der Waals surface area contributed by atoms with Crippen LogP contribution in [0, 0.1) is 5.82 Å². The van der Waals surface area contributed by atoms with Gasteiger partial charge in [-0.25, -0.2) is 22.9 Å². The molecule has 1 aromatic heterocycles. The molecule has 2 aromatic carbocycles. The van der Waals surface area contributed by atoms with E-state index in [1.54, 1.807) is 18.3 Å². The maximum Gasteiger partial charge on any atom is 0.244 e.